The summed E-state index contributed by atoms with van der Waals surface area (Å²) in [5, 5.41) is 28.8. The molecule has 6 aromatic rings. The molecule has 1 fully saturated rings. The van der Waals surface area contributed by atoms with E-state index < -0.39 is 71.0 Å². The third kappa shape index (κ3) is 12.7. The highest BCUT2D eigenvalue weighted by molar-refractivity contribution is 7.66. The van der Waals surface area contributed by atoms with E-state index in [1.165, 1.54) is 56.2 Å². The van der Waals surface area contributed by atoms with Crippen molar-refractivity contribution in [1.29, 1.82) is 0 Å². The Hall–Kier alpha value is -7.24. The number of nitrogens with two attached hydrogens (primary N) is 1. The molecule has 2 unspecified atom stereocenters. The molecule has 0 radical (unpaired) electrons. The van der Waals surface area contributed by atoms with Crippen LogP contribution in [0.5, 0.6) is 11.5 Å². The molecule has 6 atom stereocenters. The van der Waals surface area contributed by atoms with Crippen molar-refractivity contribution >= 4 is 69.6 Å². The van der Waals surface area contributed by atoms with Gasteiger partial charge in [0.1, 0.15) is 36.9 Å². The quantitative estimate of drug-likeness (QED) is 0.0123. The smallest absolute Gasteiger partial charge is 0.455 e. The van der Waals surface area contributed by atoms with E-state index in [0.717, 1.165) is 112 Å². The molecule has 6 aliphatic heterocycles. The number of amides is 1. The number of phosphoric ester groups is 1. The molecule has 1 amide bonds. The van der Waals surface area contributed by atoms with Crippen molar-refractivity contribution in [1.82, 2.24) is 24.4 Å². The number of carbonyl (C=O) groups excluding carboxylic acids is 2. The van der Waals surface area contributed by atoms with Gasteiger partial charge in [0.15, 0.2) is 11.9 Å². The zero-order valence-corrected chi connectivity index (χ0v) is 51.0. The first-order valence-electron chi connectivity index (χ1n) is 29.1. The molecule has 0 bridgehead atoms. The Morgan fingerprint density at radius 1 is 0.966 bits per heavy atom. The van der Waals surface area contributed by atoms with Gasteiger partial charge in [0.25, 0.3) is 17.2 Å². The second-order valence-electron chi connectivity index (χ2n) is 23.2. The van der Waals surface area contributed by atoms with Gasteiger partial charge in [-0.15, -0.1) is 0 Å². The standard InChI is InChI=1S/C59H63N8O19P3/c1-32(2)22-47(81-30-38-28-66(56-50(38)58(71)63-59(60)62-56)49-27-46(69)48(83-49)31-82-88(77,78)86-89(79,80)85-87(74,75)76)39-16-13-33(23-45(39)67(72)73)8-3-17-61-57(70)36-14-15-37(29-68)42(26-36)51-43-24-34-9-4-18-64-20-6-11-40(52(34)64)54(43)84-55-41-12-7-21-65-19-5-10-35(53(41)65)25-44(51)55/h13-16,23-26,28-29,32,46-49,69H,4-7,9-12,17-22,27,30-31H2,1-2H3,(H7-,60,61,62,63,70,71,74,75,76,77,78,79,80)/p+1/t46-,47+,48-,49-/m1/s1. The molecule has 89 heavy (non-hydrogen) atoms. The van der Waals surface area contributed by atoms with Crippen LogP contribution in [0.2, 0.25) is 0 Å². The first-order chi connectivity index (χ1) is 42.4. The lowest BCUT2D eigenvalue weighted by atomic mass is 9.81. The number of H-pyrrole nitrogens is 1. The number of carbonyl (C=O) groups is 2. The number of phosphoric acid groups is 3. The van der Waals surface area contributed by atoms with E-state index >= 15 is 0 Å². The molecule has 0 saturated carbocycles. The molecule has 8 heterocycles. The minimum absolute atomic E-state index is 0.0183. The summed E-state index contributed by atoms with van der Waals surface area (Å²) in [5.74, 6) is 6.71. The highest BCUT2D eigenvalue weighted by atomic mass is 31.3. The summed E-state index contributed by atoms with van der Waals surface area (Å²) in [6.45, 7) is 6.34. The van der Waals surface area contributed by atoms with E-state index in [2.05, 4.69) is 61.9 Å². The number of fused-ring (bicyclic) bond motifs is 5. The fourth-order valence-corrected chi connectivity index (χ4v) is 16.3. The van der Waals surface area contributed by atoms with E-state index in [1.54, 1.807) is 24.3 Å². The maximum absolute atomic E-state index is 14.2. The topological polar surface area (TPSA) is 380 Å². The molecule has 2 aromatic heterocycles. The SMILES string of the molecule is CC(C)C[C@H](OCc1cn([C@H]2C[C@@H](O)[C@@H](COP(=O)(O)OP(=O)(O)OP(=O)(O)O)O2)c2nc(N)[nH]c(=O)c12)c1ccc(C#CCNC(=O)c2ccc(C=O)c(C3=c4cc5c6c(c4Oc4c3cc3c7c4CCCN7CCC3)CCC[N+]=6CCC5)c2)cc1[N+](=O)[O-]. The van der Waals surface area contributed by atoms with Gasteiger partial charge in [0, 0.05) is 100 Å². The summed E-state index contributed by atoms with van der Waals surface area (Å²) in [5.41, 5.74) is 14.9. The van der Waals surface area contributed by atoms with Gasteiger partial charge in [-0.05, 0) is 98.4 Å². The number of benzene rings is 4. The summed E-state index contributed by atoms with van der Waals surface area (Å²) in [6.07, 6.45) is 4.99. The van der Waals surface area contributed by atoms with Crippen LogP contribution in [-0.2, 0) is 68.6 Å². The van der Waals surface area contributed by atoms with Crippen LogP contribution in [0.15, 0.2) is 59.5 Å². The maximum atomic E-state index is 14.2. The highest BCUT2D eigenvalue weighted by Crippen LogP contribution is 2.66. The first kappa shape index (κ1) is 62.0. The Balaban J connectivity index is 0.778. The fourth-order valence-electron chi connectivity index (χ4n) is 13.2. The summed E-state index contributed by atoms with van der Waals surface area (Å²) in [6, 6.07) is 14.0. The number of aliphatic hydroxyl groups is 1. The lowest BCUT2D eigenvalue weighted by molar-refractivity contribution is -0.386. The largest absolute Gasteiger partial charge is 0.490 e. The van der Waals surface area contributed by atoms with Crippen molar-refractivity contribution < 1.29 is 80.2 Å². The Morgan fingerprint density at radius 2 is 1.72 bits per heavy atom. The van der Waals surface area contributed by atoms with Crippen molar-refractivity contribution in [3.05, 3.63) is 147 Å². The van der Waals surface area contributed by atoms with Crippen molar-refractivity contribution in [3.8, 4) is 23.3 Å². The normalized spacial score (nSPS) is 20.0. The minimum Gasteiger partial charge on any atom is -0.455 e. The number of nitrogens with zero attached hydrogens (tertiary/aromatic N) is 5. The summed E-state index contributed by atoms with van der Waals surface area (Å²) in [7, 11) is -17.1. The van der Waals surface area contributed by atoms with Crippen LogP contribution in [0.4, 0.5) is 17.3 Å². The zero-order valence-electron chi connectivity index (χ0n) is 48.3. The van der Waals surface area contributed by atoms with Gasteiger partial charge in [-0.3, -0.25) is 34.0 Å². The number of aryl methyl sites for hydroxylation is 2. The second-order valence-corrected chi connectivity index (χ2v) is 27.7. The number of hydrogen-bond donors (Lipinski definition) is 8. The third-order valence-electron chi connectivity index (χ3n) is 16.8. The van der Waals surface area contributed by atoms with Gasteiger partial charge in [-0.1, -0.05) is 31.8 Å². The van der Waals surface area contributed by atoms with Crippen molar-refractivity contribution in [2.75, 3.05) is 50.0 Å². The number of hydrogen-bond acceptors (Lipinski definition) is 18. The Bertz CT molecular complexity index is 4360. The molecule has 1 saturated heterocycles. The van der Waals surface area contributed by atoms with E-state index in [9.17, 15) is 53.1 Å². The van der Waals surface area contributed by atoms with Crippen molar-refractivity contribution in [2.24, 2.45) is 5.92 Å². The van der Waals surface area contributed by atoms with Crippen LogP contribution in [0.25, 0.3) is 16.6 Å². The third-order valence-corrected chi connectivity index (χ3v) is 20.6. The van der Waals surface area contributed by atoms with Crippen LogP contribution >= 0.6 is 23.5 Å². The summed E-state index contributed by atoms with van der Waals surface area (Å²) >= 11 is 0. The van der Waals surface area contributed by atoms with E-state index in [-0.39, 0.29) is 71.3 Å². The second kappa shape index (κ2) is 24.5. The number of ether oxygens (including phenoxy) is 3. The molecule has 4 aromatic carbocycles. The minimum atomic E-state index is -5.83. The first-order valence-corrected chi connectivity index (χ1v) is 33.7. The molecule has 27 nitrogen and oxygen atoms in total. The molecule has 6 aliphatic rings. The molecule has 0 aliphatic carbocycles. The molecule has 9 N–H and O–H groups in total. The molecule has 12 rings (SSSR count). The summed E-state index contributed by atoms with van der Waals surface area (Å²) < 4.78 is 70.8. The van der Waals surface area contributed by atoms with Gasteiger partial charge in [0.05, 0.1) is 53.4 Å². The molecule has 468 valence electrons. The number of nitrogen functional groups attached to an aromatic ring is 1. The molecule has 0 spiro atoms. The van der Waals surface area contributed by atoms with Crippen LogP contribution in [0.3, 0.4) is 0 Å². The Labute approximate surface area is 507 Å². The lowest BCUT2D eigenvalue weighted by Gasteiger charge is -2.39. The number of aromatic amines is 1. The zero-order chi connectivity index (χ0) is 62.8. The lowest BCUT2D eigenvalue weighted by Crippen LogP contribution is -2.45. The molecule has 30 heteroatoms. The number of nitro groups is 1. The van der Waals surface area contributed by atoms with Crippen LogP contribution in [0, 0.1) is 27.9 Å². The number of aromatic nitrogens is 3. The van der Waals surface area contributed by atoms with Crippen LogP contribution in [-0.4, -0.2) is 108 Å². The summed E-state index contributed by atoms with van der Waals surface area (Å²) in [4.78, 5) is 99.4. The van der Waals surface area contributed by atoms with Gasteiger partial charge in [0.2, 0.25) is 11.3 Å². The van der Waals surface area contributed by atoms with E-state index in [0.29, 0.717) is 16.7 Å². The van der Waals surface area contributed by atoms with Crippen molar-refractivity contribution in [2.45, 2.75) is 109 Å². The Morgan fingerprint density at radius 3 is 2.47 bits per heavy atom. The monoisotopic (exact) mass is 1280 g/mol. The van der Waals surface area contributed by atoms with Crippen LogP contribution in [0.1, 0.15) is 135 Å². The van der Waals surface area contributed by atoms with Crippen molar-refractivity contribution in [3.63, 3.8) is 0 Å². The van der Waals surface area contributed by atoms with Gasteiger partial charge < -0.3 is 59.4 Å². The van der Waals surface area contributed by atoms with Gasteiger partial charge >= 0.3 is 23.5 Å². The predicted molar refractivity (Wildman–Crippen MR) is 321 cm³/mol. The van der Waals surface area contributed by atoms with Crippen LogP contribution < -0.4 is 41.4 Å². The van der Waals surface area contributed by atoms with E-state index in [1.807, 2.05) is 13.8 Å². The van der Waals surface area contributed by atoms with Gasteiger partial charge in [-0.25, -0.2) is 18.3 Å². The number of nitro benzene ring substituents is 1. The number of rotatable bonds is 19. The fraction of sp³-hybridized carbons (Fsp3) is 0.407. The van der Waals surface area contributed by atoms with Gasteiger partial charge in [-0.2, -0.15) is 13.6 Å². The molecular weight excluding hydrogens is 1220 g/mol. The number of anilines is 2. The number of nitrogens with one attached hydrogen (secondary N) is 2. The molecular formula is C59H64N8O19P3+. The highest BCUT2D eigenvalue weighted by Gasteiger charge is 2.44. The maximum Gasteiger partial charge on any atom is 0.490 e. The number of aldehydes is 1. The average Bonchev–Trinajstić information content (AvgIpc) is 1.69. The van der Waals surface area contributed by atoms with E-state index in [4.69, 9.17) is 29.7 Å². The Kier molecular flexibility index (Phi) is 17.1. The number of aliphatic hydroxyl groups excluding tert-OH is 1. The average molecular weight is 1280 g/mol. The predicted octanol–water partition coefficient (Wildman–Crippen LogP) is 5.54.